The maximum absolute atomic E-state index is 12.2. The van der Waals surface area contributed by atoms with Crippen molar-refractivity contribution < 1.29 is 4.79 Å². The zero-order valence-electron chi connectivity index (χ0n) is 11.6. The lowest BCUT2D eigenvalue weighted by Crippen LogP contribution is -2.26. The number of hydrogen-bond acceptors (Lipinski definition) is 6. The Balaban J connectivity index is 1.67. The van der Waals surface area contributed by atoms with Gasteiger partial charge in [0.25, 0.3) is 5.91 Å². The number of nitrogens with one attached hydrogen (secondary N) is 2. The molecule has 7 heteroatoms. The summed E-state index contributed by atoms with van der Waals surface area (Å²) in [5.74, 6) is -0.0114. The van der Waals surface area contributed by atoms with Crippen molar-refractivity contribution >= 4 is 34.7 Å². The second-order valence-corrected chi connectivity index (χ2v) is 6.93. The van der Waals surface area contributed by atoms with Crippen molar-refractivity contribution in [2.75, 3.05) is 11.6 Å². The van der Waals surface area contributed by atoms with E-state index in [2.05, 4.69) is 20.8 Å². The highest BCUT2D eigenvalue weighted by molar-refractivity contribution is 8.00. The number of aromatic nitrogens is 2. The monoisotopic (exact) mass is 320 g/mol. The van der Waals surface area contributed by atoms with Gasteiger partial charge in [-0.3, -0.25) is 4.79 Å². The van der Waals surface area contributed by atoms with Gasteiger partial charge in [0.15, 0.2) is 4.34 Å². The smallest absolute Gasteiger partial charge is 0.253 e. The van der Waals surface area contributed by atoms with E-state index in [-0.39, 0.29) is 5.91 Å². The largest absolute Gasteiger partial charge is 0.378 e. The highest BCUT2D eigenvalue weighted by Gasteiger charge is 2.24. The van der Waals surface area contributed by atoms with Gasteiger partial charge >= 0.3 is 0 Å². The Kier molecular flexibility index (Phi) is 4.40. The third-order valence-corrected chi connectivity index (χ3v) is 5.04. The summed E-state index contributed by atoms with van der Waals surface area (Å²) in [6.45, 7) is 0.575. The van der Waals surface area contributed by atoms with Crippen LogP contribution in [0.3, 0.4) is 0 Å². The van der Waals surface area contributed by atoms with Crippen LogP contribution in [-0.2, 0) is 6.54 Å². The van der Waals surface area contributed by atoms with Gasteiger partial charge in [0.05, 0.1) is 12.1 Å². The summed E-state index contributed by atoms with van der Waals surface area (Å²) in [6, 6.07) is 7.91. The number of rotatable bonds is 6. The van der Waals surface area contributed by atoms with Crippen molar-refractivity contribution in [3.05, 3.63) is 34.8 Å². The molecular weight excluding hydrogens is 304 g/mol. The highest BCUT2D eigenvalue weighted by atomic mass is 32.2. The number of anilines is 1. The molecule has 0 radical (unpaired) electrons. The van der Waals surface area contributed by atoms with E-state index in [9.17, 15) is 4.79 Å². The summed E-state index contributed by atoms with van der Waals surface area (Å²) < 4.78 is 0.951. The molecule has 2 N–H and O–H groups in total. The molecule has 1 aromatic carbocycles. The lowest BCUT2D eigenvalue weighted by molar-refractivity contribution is 0.0952. The number of carbonyl (C=O) groups is 1. The number of thioether (sulfide) groups is 1. The molecule has 21 heavy (non-hydrogen) atoms. The molecule has 110 valence electrons. The maximum atomic E-state index is 12.2. The van der Waals surface area contributed by atoms with Crippen LogP contribution in [0, 0.1) is 0 Å². The van der Waals surface area contributed by atoms with Gasteiger partial charge in [0.1, 0.15) is 5.01 Å². The van der Waals surface area contributed by atoms with Crippen LogP contribution >= 0.6 is 23.1 Å². The summed E-state index contributed by atoms with van der Waals surface area (Å²) in [5, 5.41) is 15.4. The standard InChI is InChI=1S/C14H16N4OS2/c1-20-14-18-17-12(21-14)8-15-11-5-3-2-4-10(11)13(19)16-9-6-7-9/h2-5,9,15H,6-8H2,1H3,(H,16,19). The molecule has 0 spiro atoms. The van der Waals surface area contributed by atoms with Crippen molar-refractivity contribution in [2.45, 2.75) is 29.8 Å². The minimum atomic E-state index is -0.0114. The Morgan fingerprint density at radius 2 is 2.19 bits per heavy atom. The lowest BCUT2D eigenvalue weighted by atomic mass is 10.1. The summed E-state index contributed by atoms with van der Waals surface area (Å²) >= 11 is 3.15. The zero-order valence-corrected chi connectivity index (χ0v) is 13.3. The molecule has 0 unspecified atom stereocenters. The molecule has 1 saturated carbocycles. The molecular formula is C14H16N4OS2. The van der Waals surface area contributed by atoms with E-state index in [0.29, 0.717) is 18.2 Å². The topological polar surface area (TPSA) is 66.9 Å². The van der Waals surface area contributed by atoms with Gasteiger partial charge in [-0.2, -0.15) is 0 Å². The van der Waals surface area contributed by atoms with Gasteiger partial charge in [0.2, 0.25) is 0 Å². The molecule has 1 aliphatic rings. The van der Waals surface area contributed by atoms with Gasteiger partial charge in [-0.25, -0.2) is 0 Å². The van der Waals surface area contributed by atoms with E-state index in [0.717, 1.165) is 27.9 Å². The quantitative estimate of drug-likeness (QED) is 0.801. The van der Waals surface area contributed by atoms with Crippen molar-refractivity contribution in [2.24, 2.45) is 0 Å². The first-order valence-corrected chi connectivity index (χ1v) is 8.80. The van der Waals surface area contributed by atoms with Gasteiger partial charge in [-0.15, -0.1) is 10.2 Å². The molecule has 1 amide bonds. The number of nitrogens with zero attached hydrogens (tertiary/aromatic N) is 2. The van der Waals surface area contributed by atoms with E-state index in [1.165, 1.54) is 0 Å². The lowest BCUT2D eigenvalue weighted by Gasteiger charge is -2.10. The molecule has 1 aromatic heterocycles. The molecule has 5 nitrogen and oxygen atoms in total. The molecule has 1 heterocycles. The van der Waals surface area contributed by atoms with Crippen molar-refractivity contribution in [3.8, 4) is 0 Å². The van der Waals surface area contributed by atoms with Crippen LogP contribution < -0.4 is 10.6 Å². The number of hydrogen-bond donors (Lipinski definition) is 2. The summed E-state index contributed by atoms with van der Waals surface area (Å²) in [4.78, 5) is 12.2. The summed E-state index contributed by atoms with van der Waals surface area (Å²) in [5.41, 5.74) is 1.51. The number of amides is 1. The number of benzene rings is 1. The van der Waals surface area contributed by atoms with Gasteiger partial charge in [0, 0.05) is 11.7 Å². The van der Waals surface area contributed by atoms with Crippen LogP contribution in [0.15, 0.2) is 28.6 Å². The van der Waals surface area contributed by atoms with Crippen molar-refractivity contribution in [1.29, 1.82) is 0 Å². The van der Waals surface area contributed by atoms with Crippen LogP contribution in [-0.4, -0.2) is 28.4 Å². The third-order valence-electron chi connectivity index (χ3n) is 3.14. The molecule has 0 atom stereocenters. The van der Waals surface area contributed by atoms with E-state index < -0.39 is 0 Å². The van der Waals surface area contributed by atoms with E-state index in [1.807, 2.05) is 30.5 Å². The Hall–Kier alpha value is -1.60. The third kappa shape index (κ3) is 3.74. The summed E-state index contributed by atoms with van der Waals surface area (Å²) in [7, 11) is 0. The minimum absolute atomic E-state index is 0.0114. The molecule has 3 rings (SSSR count). The Labute approximate surface area is 131 Å². The first-order valence-electron chi connectivity index (χ1n) is 6.76. The summed E-state index contributed by atoms with van der Waals surface area (Å²) in [6.07, 6.45) is 4.16. The minimum Gasteiger partial charge on any atom is -0.378 e. The first kappa shape index (κ1) is 14.3. The normalized spacial score (nSPS) is 14.0. The van der Waals surface area contributed by atoms with E-state index >= 15 is 0 Å². The second-order valence-electron chi connectivity index (χ2n) is 4.81. The van der Waals surface area contributed by atoms with E-state index in [1.54, 1.807) is 23.1 Å². The van der Waals surface area contributed by atoms with Gasteiger partial charge < -0.3 is 10.6 Å². The first-order chi connectivity index (χ1) is 10.3. The average molecular weight is 320 g/mol. The van der Waals surface area contributed by atoms with Crippen molar-refractivity contribution in [1.82, 2.24) is 15.5 Å². The Morgan fingerprint density at radius 3 is 2.90 bits per heavy atom. The average Bonchev–Trinajstić information content (AvgIpc) is 3.20. The highest BCUT2D eigenvalue weighted by Crippen LogP contribution is 2.23. The van der Waals surface area contributed by atoms with Crippen LogP contribution in [0.1, 0.15) is 28.2 Å². The van der Waals surface area contributed by atoms with Crippen molar-refractivity contribution in [3.63, 3.8) is 0 Å². The Bertz CT molecular complexity index is 639. The molecule has 0 bridgehead atoms. The molecule has 1 fully saturated rings. The number of para-hydroxylation sites is 1. The van der Waals surface area contributed by atoms with Gasteiger partial charge in [-0.05, 0) is 31.2 Å². The predicted octanol–water partition coefficient (Wildman–Crippen LogP) is 2.76. The number of carbonyl (C=O) groups excluding carboxylic acids is 1. The van der Waals surface area contributed by atoms with Crippen LogP contribution in [0.25, 0.3) is 0 Å². The van der Waals surface area contributed by atoms with Gasteiger partial charge in [-0.1, -0.05) is 35.2 Å². The predicted molar refractivity (Wildman–Crippen MR) is 85.9 cm³/mol. The van der Waals surface area contributed by atoms with E-state index in [4.69, 9.17) is 0 Å². The fourth-order valence-electron chi connectivity index (χ4n) is 1.89. The molecule has 2 aromatic rings. The zero-order chi connectivity index (χ0) is 14.7. The van der Waals surface area contributed by atoms with Crippen LogP contribution in [0.4, 0.5) is 5.69 Å². The molecule has 0 saturated heterocycles. The fourth-order valence-corrected chi connectivity index (χ4v) is 3.14. The van der Waals surface area contributed by atoms with Crippen LogP contribution in [0.2, 0.25) is 0 Å². The molecule has 0 aliphatic heterocycles. The maximum Gasteiger partial charge on any atom is 0.253 e. The SMILES string of the molecule is CSc1nnc(CNc2ccccc2C(=O)NC2CC2)s1. The Morgan fingerprint density at radius 1 is 1.38 bits per heavy atom. The van der Waals surface area contributed by atoms with Crippen LogP contribution in [0.5, 0.6) is 0 Å². The second kappa shape index (κ2) is 6.44. The fraction of sp³-hybridized carbons (Fsp3) is 0.357. The molecule has 1 aliphatic carbocycles.